The van der Waals surface area contributed by atoms with E-state index in [2.05, 4.69) is 34.1 Å². The molecule has 8 nitrogen and oxygen atoms in total. The van der Waals surface area contributed by atoms with Gasteiger partial charge in [-0.2, -0.15) is 0 Å². The SMILES string of the molecule is C.Cn1ccc2c(c1=O)CCCN2C1=NCc2nc(N3CCC4(CC3)Cc3ccccc3[C@H]4N)cnc21. The third-order valence-corrected chi connectivity index (χ3v) is 8.80. The number of aliphatic imine (C=N–C) groups is 1. The maximum Gasteiger partial charge on any atom is 0.255 e. The highest BCUT2D eigenvalue weighted by Crippen LogP contribution is 2.50. The lowest BCUT2D eigenvalue weighted by atomic mass is 9.73. The van der Waals surface area contributed by atoms with Crippen molar-refractivity contribution in [2.24, 2.45) is 23.2 Å². The zero-order valence-electron chi connectivity index (χ0n) is 20.7. The Balaban J connectivity index is 0.00000252. The number of rotatable bonds is 1. The van der Waals surface area contributed by atoms with Crippen molar-refractivity contribution >= 4 is 17.3 Å². The minimum atomic E-state index is 0. The van der Waals surface area contributed by atoms with Gasteiger partial charge in [-0.25, -0.2) is 9.97 Å². The van der Waals surface area contributed by atoms with E-state index in [1.165, 1.54) is 11.1 Å². The van der Waals surface area contributed by atoms with E-state index in [4.69, 9.17) is 20.7 Å². The maximum atomic E-state index is 12.7. The number of anilines is 2. The van der Waals surface area contributed by atoms with Crippen LogP contribution in [0.1, 0.15) is 60.8 Å². The lowest BCUT2D eigenvalue weighted by Gasteiger charge is -2.42. The number of hydrogen-bond acceptors (Lipinski definition) is 7. The molecule has 2 aromatic heterocycles. The molecule has 2 N–H and O–H groups in total. The number of nitrogens with two attached hydrogens (primary N) is 1. The smallest absolute Gasteiger partial charge is 0.255 e. The van der Waals surface area contributed by atoms with Gasteiger partial charge >= 0.3 is 0 Å². The molecule has 4 aliphatic rings. The maximum absolute atomic E-state index is 12.7. The van der Waals surface area contributed by atoms with E-state index >= 15 is 0 Å². The number of fused-ring (bicyclic) bond motifs is 3. The van der Waals surface area contributed by atoms with E-state index in [0.717, 1.165) is 86.0 Å². The van der Waals surface area contributed by atoms with Crippen LogP contribution in [0, 0.1) is 5.41 Å². The molecule has 0 amide bonds. The Hall–Kier alpha value is -3.52. The Morgan fingerprint density at radius 3 is 2.73 bits per heavy atom. The Morgan fingerprint density at radius 1 is 1.11 bits per heavy atom. The Labute approximate surface area is 217 Å². The molecule has 1 spiro atoms. The van der Waals surface area contributed by atoms with Crippen LogP contribution in [0.2, 0.25) is 0 Å². The number of nitrogens with zero attached hydrogens (tertiary/aromatic N) is 6. The van der Waals surface area contributed by atoms with Crippen LogP contribution in [-0.2, 0) is 26.4 Å². The summed E-state index contributed by atoms with van der Waals surface area (Å²) in [6.45, 7) is 3.23. The summed E-state index contributed by atoms with van der Waals surface area (Å²) < 4.78 is 1.65. The number of benzene rings is 1. The van der Waals surface area contributed by atoms with Gasteiger partial charge in [-0.15, -0.1) is 0 Å². The quantitative estimate of drug-likeness (QED) is 0.554. The van der Waals surface area contributed by atoms with Gasteiger partial charge < -0.3 is 20.1 Å². The topological polar surface area (TPSA) is 92.6 Å². The van der Waals surface area contributed by atoms with Gasteiger partial charge in [-0.05, 0) is 54.7 Å². The van der Waals surface area contributed by atoms with Gasteiger partial charge in [0.25, 0.3) is 5.56 Å². The highest BCUT2D eigenvalue weighted by Gasteiger charge is 2.46. The molecule has 8 heteroatoms. The van der Waals surface area contributed by atoms with Gasteiger partial charge in [0, 0.05) is 44.5 Å². The van der Waals surface area contributed by atoms with Crippen LogP contribution in [0.25, 0.3) is 0 Å². The minimum absolute atomic E-state index is 0. The second-order valence-electron chi connectivity index (χ2n) is 10.7. The zero-order chi connectivity index (χ0) is 24.4. The largest absolute Gasteiger partial charge is 0.355 e. The number of piperidine rings is 1. The van der Waals surface area contributed by atoms with Gasteiger partial charge in [0.1, 0.15) is 11.5 Å². The van der Waals surface area contributed by atoms with Gasteiger partial charge in [0.15, 0.2) is 5.84 Å². The Morgan fingerprint density at radius 2 is 1.92 bits per heavy atom. The normalized spacial score (nSPS) is 21.2. The van der Waals surface area contributed by atoms with Crippen LogP contribution in [0.4, 0.5) is 11.5 Å². The van der Waals surface area contributed by atoms with Crippen LogP contribution in [0.5, 0.6) is 0 Å². The van der Waals surface area contributed by atoms with Gasteiger partial charge in [0.05, 0.1) is 24.1 Å². The van der Waals surface area contributed by atoms with Crippen molar-refractivity contribution in [2.75, 3.05) is 29.4 Å². The molecule has 37 heavy (non-hydrogen) atoms. The molecule has 1 saturated heterocycles. The number of amidine groups is 1. The first-order valence-corrected chi connectivity index (χ1v) is 13.0. The van der Waals surface area contributed by atoms with Crippen LogP contribution >= 0.6 is 0 Å². The predicted octanol–water partition coefficient (Wildman–Crippen LogP) is 3.37. The molecule has 5 heterocycles. The molecule has 0 unspecified atom stereocenters. The van der Waals surface area contributed by atoms with Crippen molar-refractivity contribution < 1.29 is 0 Å². The van der Waals surface area contributed by atoms with E-state index in [1.54, 1.807) is 11.6 Å². The van der Waals surface area contributed by atoms with Gasteiger partial charge in [0.2, 0.25) is 0 Å². The van der Waals surface area contributed by atoms with E-state index in [-0.39, 0.29) is 24.4 Å². The fourth-order valence-corrected chi connectivity index (χ4v) is 6.71. The Bertz CT molecular complexity index is 1450. The van der Waals surface area contributed by atoms with Crippen molar-refractivity contribution in [3.05, 3.63) is 81.2 Å². The monoisotopic (exact) mass is 497 g/mol. The minimum Gasteiger partial charge on any atom is -0.355 e. The average molecular weight is 498 g/mol. The highest BCUT2D eigenvalue weighted by atomic mass is 16.1. The van der Waals surface area contributed by atoms with Gasteiger partial charge in [-0.1, -0.05) is 31.7 Å². The van der Waals surface area contributed by atoms with Crippen LogP contribution < -0.4 is 21.1 Å². The number of aryl methyl sites for hydroxylation is 1. The first-order chi connectivity index (χ1) is 17.5. The van der Waals surface area contributed by atoms with Crippen molar-refractivity contribution in [1.82, 2.24) is 14.5 Å². The first-order valence-electron chi connectivity index (χ1n) is 13.0. The predicted molar refractivity (Wildman–Crippen MR) is 147 cm³/mol. The lowest BCUT2D eigenvalue weighted by molar-refractivity contribution is 0.187. The van der Waals surface area contributed by atoms with Crippen LogP contribution in [0.15, 0.2) is 52.5 Å². The first kappa shape index (κ1) is 23.9. The Kier molecular flexibility index (Phi) is 5.67. The summed E-state index contributed by atoms with van der Waals surface area (Å²) in [6, 6.07) is 10.8. The molecular weight excluding hydrogens is 462 g/mol. The van der Waals surface area contributed by atoms with Crippen molar-refractivity contribution in [1.29, 1.82) is 0 Å². The zero-order valence-corrected chi connectivity index (χ0v) is 20.7. The standard InChI is InChI=1S/C28H31N7O.CH4/c1-33-12-8-22-20(27(33)36)7-4-11-35(22)26-24-21(16-31-26)32-23(17-30-24)34-13-9-28(10-14-34)15-18-5-2-3-6-19(18)25(28)29;/h2-3,5-6,8,12,17,25H,4,7,9-11,13-16,29H2,1H3;1H4/t25-;/m1./s1. The number of hydrogen-bond donors (Lipinski definition) is 1. The van der Waals surface area contributed by atoms with Crippen LogP contribution in [-0.4, -0.2) is 40.0 Å². The fourth-order valence-electron chi connectivity index (χ4n) is 6.71. The lowest BCUT2D eigenvalue weighted by Crippen LogP contribution is -2.44. The van der Waals surface area contributed by atoms with E-state index in [0.29, 0.717) is 6.54 Å². The molecule has 3 aromatic rings. The third-order valence-electron chi connectivity index (χ3n) is 8.80. The van der Waals surface area contributed by atoms with Gasteiger partial charge in [-0.3, -0.25) is 9.79 Å². The second kappa shape index (κ2) is 8.80. The van der Waals surface area contributed by atoms with E-state index in [9.17, 15) is 4.79 Å². The van der Waals surface area contributed by atoms with Crippen molar-refractivity contribution in [3.8, 4) is 0 Å². The highest BCUT2D eigenvalue weighted by molar-refractivity contribution is 6.11. The number of aromatic nitrogens is 3. The number of pyridine rings is 1. The summed E-state index contributed by atoms with van der Waals surface area (Å²) >= 11 is 0. The molecule has 1 aliphatic carbocycles. The second-order valence-corrected chi connectivity index (χ2v) is 10.7. The molecule has 1 fully saturated rings. The summed E-state index contributed by atoms with van der Waals surface area (Å²) in [7, 11) is 1.80. The molecule has 1 atom stereocenters. The fraction of sp³-hybridized carbons (Fsp3) is 0.448. The van der Waals surface area contributed by atoms with Crippen molar-refractivity contribution in [3.63, 3.8) is 0 Å². The summed E-state index contributed by atoms with van der Waals surface area (Å²) in [5.41, 5.74) is 13.3. The molecule has 1 aromatic carbocycles. The summed E-state index contributed by atoms with van der Waals surface area (Å²) in [6.07, 6.45) is 8.65. The molecule has 0 saturated carbocycles. The average Bonchev–Trinajstić information content (AvgIpc) is 3.45. The van der Waals surface area contributed by atoms with E-state index in [1.807, 2.05) is 18.5 Å². The molecule has 3 aliphatic heterocycles. The molecular formula is C29H35N7O. The van der Waals surface area contributed by atoms with Crippen molar-refractivity contribution in [2.45, 2.75) is 52.1 Å². The van der Waals surface area contributed by atoms with E-state index < -0.39 is 0 Å². The third kappa shape index (κ3) is 3.61. The molecule has 0 radical (unpaired) electrons. The molecule has 7 rings (SSSR count). The summed E-state index contributed by atoms with van der Waals surface area (Å²) in [5.74, 6) is 1.77. The molecule has 192 valence electrons. The summed E-state index contributed by atoms with van der Waals surface area (Å²) in [5, 5.41) is 0. The van der Waals surface area contributed by atoms with Crippen LogP contribution in [0.3, 0.4) is 0 Å². The summed E-state index contributed by atoms with van der Waals surface area (Å²) in [4.78, 5) is 31.9. The molecule has 0 bridgehead atoms.